The summed E-state index contributed by atoms with van der Waals surface area (Å²) in [6, 6.07) is -1.04. The minimum absolute atomic E-state index is 0.106. The third kappa shape index (κ3) is 46.8. The fourth-order valence-electron chi connectivity index (χ4n) is 10.2. The molecule has 0 aromatic carbocycles. The van der Waals surface area contributed by atoms with E-state index in [0.29, 0.717) is 12.8 Å². The number of rotatable bonds is 58. The fourth-order valence-corrected chi connectivity index (χ4v) is 10.2. The number of hydrogen-bond acceptors (Lipinski definition) is 10. The second kappa shape index (κ2) is 59.9. The molecule has 0 radical (unpaired) electrons. The molecule has 0 bridgehead atoms. The minimum atomic E-state index is -1.63. The Labute approximate surface area is 514 Å². The summed E-state index contributed by atoms with van der Waals surface area (Å²) in [6.45, 7) is 5.74. The van der Waals surface area contributed by atoms with Crippen LogP contribution in [-0.4, -0.2) is 99.6 Å². The summed E-state index contributed by atoms with van der Waals surface area (Å²) in [5.41, 5.74) is 0. The lowest BCUT2D eigenvalue weighted by molar-refractivity contribution is -0.305. The number of carbonyl (C=O) groups is 2. The van der Waals surface area contributed by atoms with E-state index in [4.69, 9.17) is 14.2 Å². The Kier molecular flexibility index (Phi) is 56.0. The van der Waals surface area contributed by atoms with Crippen molar-refractivity contribution in [3.63, 3.8) is 0 Å². The summed E-state index contributed by atoms with van der Waals surface area (Å²) in [7, 11) is 0. The molecule has 6 N–H and O–H groups in total. The zero-order valence-electron chi connectivity index (χ0n) is 53.7. The Morgan fingerprint density at radius 1 is 0.464 bits per heavy atom. The summed E-state index contributed by atoms with van der Waals surface area (Å²) in [5.74, 6) is -1.21. The molecule has 1 aliphatic rings. The van der Waals surface area contributed by atoms with E-state index in [1.165, 1.54) is 116 Å². The van der Waals surface area contributed by atoms with Crippen molar-refractivity contribution in [2.75, 3.05) is 13.2 Å². The maximum absolute atomic E-state index is 13.5. The highest BCUT2D eigenvalue weighted by molar-refractivity contribution is 5.80. The highest BCUT2D eigenvalue weighted by Gasteiger charge is 2.47. The number of aliphatic hydroxyl groups excluding tert-OH is 5. The molecular formula is C73H127NO10. The molecule has 0 saturated carbocycles. The number of amides is 1. The number of unbranched alkanes of at least 4 members (excludes halogenated alkanes) is 30. The van der Waals surface area contributed by atoms with Crippen LogP contribution in [0.15, 0.2) is 97.2 Å². The van der Waals surface area contributed by atoms with Crippen LogP contribution >= 0.6 is 0 Å². The molecule has 1 rings (SSSR count). The molecule has 1 fully saturated rings. The Morgan fingerprint density at radius 2 is 0.821 bits per heavy atom. The third-order valence-corrected chi connectivity index (χ3v) is 15.7. The molecular weight excluding hydrogens is 1050 g/mol. The molecule has 8 unspecified atom stereocenters. The van der Waals surface area contributed by atoms with Crippen molar-refractivity contribution in [3.8, 4) is 0 Å². The monoisotopic (exact) mass is 1180 g/mol. The van der Waals surface area contributed by atoms with Crippen molar-refractivity contribution in [1.29, 1.82) is 0 Å². The van der Waals surface area contributed by atoms with E-state index in [1.54, 1.807) is 6.08 Å². The SMILES string of the molecule is CCCCC/C=C\C/C=C\C/C=C\C/C=C\CCCCCCCCCC(=O)OC1C(OCC(NC(=O)C(O)CCCCCCCCC/C=C\C/C=C\C/C=C\CCCCC)C(O)/C=C/CCCCCCCCCCCC)OC(CO)C(O)C1O. The van der Waals surface area contributed by atoms with Crippen molar-refractivity contribution in [3.05, 3.63) is 97.2 Å². The topological polar surface area (TPSA) is 175 Å². The van der Waals surface area contributed by atoms with Crippen LogP contribution in [0.1, 0.15) is 290 Å². The van der Waals surface area contributed by atoms with E-state index in [0.717, 1.165) is 128 Å². The van der Waals surface area contributed by atoms with Gasteiger partial charge in [0.25, 0.3) is 0 Å². The minimum Gasteiger partial charge on any atom is -0.454 e. The van der Waals surface area contributed by atoms with Crippen LogP contribution < -0.4 is 5.32 Å². The second-order valence-corrected chi connectivity index (χ2v) is 23.6. The predicted octanol–water partition coefficient (Wildman–Crippen LogP) is 17.5. The van der Waals surface area contributed by atoms with E-state index >= 15 is 0 Å². The first-order chi connectivity index (χ1) is 41.2. The predicted molar refractivity (Wildman–Crippen MR) is 352 cm³/mol. The Hall–Kier alpha value is -3.42. The molecule has 0 aromatic heterocycles. The molecule has 84 heavy (non-hydrogen) atoms. The van der Waals surface area contributed by atoms with Gasteiger partial charge in [-0.25, -0.2) is 0 Å². The molecule has 0 spiro atoms. The Morgan fingerprint density at radius 3 is 1.25 bits per heavy atom. The first kappa shape index (κ1) is 78.6. The number of aliphatic hydroxyl groups is 5. The summed E-state index contributed by atoms with van der Waals surface area (Å²) in [5, 5.41) is 57.2. The number of ether oxygens (including phenoxy) is 3. The van der Waals surface area contributed by atoms with Crippen LogP contribution in [0, 0.1) is 0 Å². The van der Waals surface area contributed by atoms with Gasteiger partial charge in [0.05, 0.1) is 25.4 Å². The molecule has 1 saturated heterocycles. The van der Waals surface area contributed by atoms with Gasteiger partial charge < -0.3 is 45.1 Å². The lowest BCUT2D eigenvalue weighted by atomic mass is 9.99. The summed E-state index contributed by atoms with van der Waals surface area (Å²) >= 11 is 0. The van der Waals surface area contributed by atoms with Gasteiger partial charge in [-0.15, -0.1) is 0 Å². The van der Waals surface area contributed by atoms with E-state index in [2.05, 4.69) is 111 Å². The third-order valence-electron chi connectivity index (χ3n) is 15.7. The number of nitrogens with one attached hydrogen (secondary N) is 1. The molecule has 0 aliphatic carbocycles. The highest BCUT2D eigenvalue weighted by Crippen LogP contribution is 2.26. The fraction of sp³-hybridized carbons (Fsp3) is 0.753. The van der Waals surface area contributed by atoms with E-state index in [9.17, 15) is 35.1 Å². The van der Waals surface area contributed by atoms with Crippen LogP contribution in [0.5, 0.6) is 0 Å². The standard InChI is InChI=1S/C73H127NO10/c1-4-7-10-13-16-19-22-25-27-29-31-33-34-35-37-39-41-43-46-49-52-55-58-61-68(78)84-71-70(80)69(79)67(62-75)83-73(71)82-63-64(65(76)59-56-53-50-47-44-24-21-18-15-12-9-6-3)74-72(81)66(77)60-57-54-51-48-45-42-40-38-36-32-30-28-26-23-20-17-14-11-8-5-2/h16-17,19-20,25-28,31-33,35-37,56,59,64-67,69-71,73,75-77,79-80H,4-15,18,21-24,29-30,34,38-55,57-58,60-63H2,1-3H3,(H,74,81)/b19-16-,20-17-,27-25-,28-26-,33-31-,36-32-,37-35-,59-56+. The van der Waals surface area contributed by atoms with Crippen LogP contribution in [-0.2, 0) is 23.8 Å². The lowest BCUT2D eigenvalue weighted by Crippen LogP contribution is -2.61. The van der Waals surface area contributed by atoms with Gasteiger partial charge in [-0.05, 0) is 109 Å². The molecule has 0 aromatic rings. The van der Waals surface area contributed by atoms with E-state index in [-0.39, 0.29) is 19.4 Å². The Balaban J connectivity index is 2.63. The molecule has 11 nitrogen and oxygen atoms in total. The average molecular weight is 1180 g/mol. The second-order valence-electron chi connectivity index (χ2n) is 23.6. The Bertz CT molecular complexity index is 1740. The maximum Gasteiger partial charge on any atom is 0.306 e. The first-order valence-electron chi connectivity index (χ1n) is 34.5. The normalized spacial score (nSPS) is 19.1. The van der Waals surface area contributed by atoms with Crippen molar-refractivity contribution >= 4 is 11.9 Å². The van der Waals surface area contributed by atoms with Crippen molar-refractivity contribution in [1.82, 2.24) is 5.32 Å². The van der Waals surface area contributed by atoms with Gasteiger partial charge in [-0.3, -0.25) is 9.59 Å². The van der Waals surface area contributed by atoms with Gasteiger partial charge in [-0.1, -0.05) is 272 Å². The summed E-state index contributed by atoms with van der Waals surface area (Å²) < 4.78 is 17.7. The number of esters is 1. The highest BCUT2D eigenvalue weighted by atomic mass is 16.7. The van der Waals surface area contributed by atoms with Gasteiger partial charge in [-0.2, -0.15) is 0 Å². The van der Waals surface area contributed by atoms with Crippen molar-refractivity contribution in [2.24, 2.45) is 0 Å². The smallest absolute Gasteiger partial charge is 0.306 e. The van der Waals surface area contributed by atoms with Crippen molar-refractivity contribution in [2.45, 2.75) is 339 Å². The van der Waals surface area contributed by atoms with E-state index < -0.39 is 67.4 Å². The van der Waals surface area contributed by atoms with Crippen LogP contribution in [0.25, 0.3) is 0 Å². The van der Waals surface area contributed by atoms with Crippen LogP contribution in [0.2, 0.25) is 0 Å². The molecule has 1 aliphatic heterocycles. The number of hydrogen-bond donors (Lipinski definition) is 6. The molecule has 1 heterocycles. The molecule has 8 atom stereocenters. The van der Waals surface area contributed by atoms with Crippen LogP contribution in [0.4, 0.5) is 0 Å². The molecule has 484 valence electrons. The first-order valence-corrected chi connectivity index (χ1v) is 34.5. The van der Waals surface area contributed by atoms with Gasteiger partial charge >= 0.3 is 5.97 Å². The number of allylic oxidation sites excluding steroid dienone is 15. The van der Waals surface area contributed by atoms with Gasteiger partial charge in [0.2, 0.25) is 5.91 Å². The number of carbonyl (C=O) groups excluding carboxylic acids is 2. The molecule has 1 amide bonds. The largest absolute Gasteiger partial charge is 0.454 e. The zero-order chi connectivity index (χ0) is 61.0. The van der Waals surface area contributed by atoms with Gasteiger partial charge in [0, 0.05) is 6.42 Å². The maximum atomic E-state index is 13.5. The lowest BCUT2D eigenvalue weighted by Gasteiger charge is -2.41. The summed E-state index contributed by atoms with van der Waals surface area (Å²) in [6.07, 6.45) is 70.0. The van der Waals surface area contributed by atoms with Gasteiger partial charge in [0.1, 0.15) is 24.4 Å². The van der Waals surface area contributed by atoms with Crippen LogP contribution in [0.3, 0.4) is 0 Å². The van der Waals surface area contributed by atoms with E-state index in [1.807, 2.05) is 6.08 Å². The van der Waals surface area contributed by atoms with Crippen molar-refractivity contribution < 1.29 is 49.3 Å². The summed E-state index contributed by atoms with van der Waals surface area (Å²) in [4.78, 5) is 26.7. The zero-order valence-corrected chi connectivity index (χ0v) is 53.7. The average Bonchev–Trinajstić information content (AvgIpc) is 3.65. The quantitative estimate of drug-likeness (QED) is 0.0195. The van der Waals surface area contributed by atoms with Gasteiger partial charge in [0.15, 0.2) is 12.4 Å². The molecule has 11 heteroatoms.